The van der Waals surface area contributed by atoms with E-state index in [9.17, 15) is 48.9 Å². The van der Waals surface area contributed by atoms with E-state index < -0.39 is 109 Å². The first-order valence-corrected chi connectivity index (χ1v) is 20.7. The molecule has 2 unspecified atom stereocenters. The molecule has 1 aliphatic heterocycles. The zero-order chi connectivity index (χ0) is 45.2. The molecule has 0 spiro atoms. The molecule has 0 aromatic carbocycles. The van der Waals surface area contributed by atoms with Crippen LogP contribution in [-0.2, 0) is 43.0 Å². The number of aliphatic hydroxyl groups excluding tert-OH is 2. The minimum atomic E-state index is -1.68. The topological polar surface area (TPSA) is 297 Å². The molecule has 19 nitrogen and oxygen atoms in total. The summed E-state index contributed by atoms with van der Waals surface area (Å²) in [7, 11) is 0. The van der Waals surface area contributed by atoms with E-state index in [4.69, 9.17) is 15.2 Å². The van der Waals surface area contributed by atoms with Crippen LogP contribution in [0.25, 0.3) is 0 Å². The third-order valence-corrected chi connectivity index (χ3v) is 9.45. The van der Waals surface area contributed by atoms with Gasteiger partial charge in [0, 0.05) is 19.6 Å². The van der Waals surface area contributed by atoms with Crippen LogP contribution in [0.2, 0.25) is 0 Å². The Kier molecular flexibility index (Phi) is 23.1. The molecule has 1 saturated heterocycles. The number of nitrogens with two attached hydrogens (primary N) is 1. The summed E-state index contributed by atoms with van der Waals surface area (Å²) >= 11 is 0. The lowest BCUT2D eigenvalue weighted by atomic mass is 9.97. The van der Waals surface area contributed by atoms with Gasteiger partial charge in [0.05, 0.1) is 19.3 Å². The fourth-order valence-corrected chi connectivity index (χ4v) is 6.17. The van der Waals surface area contributed by atoms with Gasteiger partial charge in [0.25, 0.3) is 0 Å². The maximum absolute atomic E-state index is 13.9. The zero-order valence-corrected chi connectivity index (χ0v) is 36.6. The Morgan fingerprint density at radius 2 is 1.22 bits per heavy atom. The molecule has 0 radical (unpaired) electrons. The Hall–Kier alpha value is -3.91. The summed E-state index contributed by atoms with van der Waals surface area (Å²) in [6.07, 6.45) is -2.42. The van der Waals surface area contributed by atoms with Gasteiger partial charge in [-0.3, -0.25) is 28.8 Å². The molecule has 19 heteroatoms. The first-order chi connectivity index (χ1) is 27.3. The minimum absolute atomic E-state index is 0.0504. The van der Waals surface area contributed by atoms with Crippen LogP contribution in [-0.4, -0.2) is 137 Å². The number of carbonyl (C=O) groups is 7. The summed E-state index contributed by atoms with van der Waals surface area (Å²) in [4.78, 5) is 93.8. The van der Waals surface area contributed by atoms with Gasteiger partial charge in [0.2, 0.25) is 35.4 Å². The van der Waals surface area contributed by atoms with Crippen LogP contribution in [0.15, 0.2) is 0 Å². The van der Waals surface area contributed by atoms with Gasteiger partial charge in [-0.2, -0.15) is 0 Å². The molecule has 1 rings (SSSR count). The highest BCUT2D eigenvalue weighted by atomic mass is 16.5. The van der Waals surface area contributed by atoms with Crippen LogP contribution in [0, 0.1) is 23.7 Å². The number of ether oxygens (including phenoxy) is 2. The summed E-state index contributed by atoms with van der Waals surface area (Å²) in [5, 5.41) is 46.6. The molecule has 0 aliphatic carbocycles. The number of aliphatic carboxylic acids is 1. The Morgan fingerprint density at radius 1 is 0.729 bits per heavy atom. The lowest BCUT2D eigenvalue weighted by Gasteiger charge is -2.31. The quantitative estimate of drug-likeness (QED) is 0.112. The number of carbonyl (C=O) groups excluding carboxylic acids is 6. The number of hydrogen-bond acceptors (Lipinski definition) is 12. The normalized spacial score (nSPS) is 26.0. The van der Waals surface area contributed by atoms with Gasteiger partial charge in [-0.25, -0.2) is 4.79 Å². The number of amides is 6. The van der Waals surface area contributed by atoms with E-state index in [2.05, 4.69) is 31.9 Å². The van der Waals surface area contributed by atoms with Gasteiger partial charge in [-0.05, 0) is 69.6 Å². The van der Waals surface area contributed by atoms with Gasteiger partial charge in [0.15, 0.2) is 0 Å². The van der Waals surface area contributed by atoms with E-state index in [1.54, 1.807) is 0 Å². The standard InChI is InChI=1S/C40H73N7O12/c1-21(2)15-25(41)33(50)44-28(16-22(3)4)34(51)42-26-11-13-58-19-31(48)32(49)20-59-14-12-27(38(55)56)43-35(52)29(17-23(5)6)45-36(53)30(18-24(7)8)46-39(57)40(9,10)47-37(26)54/h21-32,48-49H,11-20,41H2,1-10H3,(H,42,51)(H,43,52)(H,44,50)(H,45,53)(H,46,57)(H,47,54)(H,55,56)/t25-,26-,27-,28-,29-,30-,31?,32?/m0/s1. The molecule has 11 N–H and O–H groups in total. The van der Waals surface area contributed by atoms with Crippen molar-refractivity contribution in [2.24, 2.45) is 29.4 Å². The number of carboxylic acids is 1. The zero-order valence-electron chi connectivity index (χ0n) is 36.6. The Balaban J connectivity index is 3.55. The largest absolute Gasteiger partial charge is 0.480 e. The molecule has 8 atom stereocenters. The molecule has 0 aromatic heterocycles. The van der Waals surface area contributed by atoms with Crippen LogP contribution in [0.1, 0.15) is 108 Å². The molecule has 6 amide bonds. The van der Waals surface area contributed by atoms with Crippen molar-refractivity contribution in [2.45, 2.75) is 162 Å². The van der Waals surface area contributed by atoms with E-state index in [1.807, 2.05) is 55.4 Å². The molecular formula is C40H73N7O12. The summed E-state index contributed by atoms with van der Waals surface area (Å²) in [6.45, 7) is 16.4. The smallest absolute Gasteiger partial charge is 0.326 e. The fraction of sp³-hybridized carbons (Fsp3) is 0.825. The lowest BCUT2D eigenvalue weighted by Crippen LogP contribution is -2.63. The van der Waals surface area contributed by atoms with Crippen molar-refractivity contribution in [1.29, 1.82) is 0 Å². The predicted octanol–water partition coefficient (Wildman–Crippen LogP) is -0.550. The summed E-state index contributed by atoms with van der Waals surface area (Å²) in [5.74, 6) is -5.76. The third-order valence-electron chi connectivity index (χ3n) is 9.45. The van der Waals surface area contributed by atoms with Crippen molar-refractivity contribution in [3.63, 3.8) is 0 Å². The van der Waals surface area contributed by atoms with Gasteiger partial charge >= 0.3 is 5.97 Å². The third kappa shape index (κ3) is 20.3. The monoisotopic (exact) mass is 844 g/mol. The summed E-state index contributed by atoms with van der Waals surface area (Å²) in [6, 6.07) is -7.03. The minimum Gasteiger partial charge on any atom is -0.480 e. The molecule has 1 heterocycles. The first kappa shape index (κ1) is 53.1. The summed E-state index contributed by atoms with van der Waals surface area (Å²) < 4.78 is 11.0. The SMILES string of the molecule is CC(C)C[C@@H]1NC(=O)[C@H](CC(C)C)NC(=O)C(C)(C)NC(=O)[C@@H](NC(=O)[C@H](CC(C)C)NC(=O)[C@@H](N)CC(C)C)CCOCC(O)C(O)COCC[C@@H](C(=O)O)NC1=O. The van der Waals surface area contributed by atoms with Crippen molar-refractivity contribution >= 4 is 41.4 Å². The first-order valence-electron chi connectivity index (χ1n) is 20.7. The molecule has 1 fully saturated rings. The average molecular weight is 844 g/mol. The second kappa shape index (κ2) is 25.7. The van der Waals surface area contributed by atoms with E-state index in [1.165, 1.54) is 13.8 Å². The Morgan fingerprint density at radius 3 is 1.71 bits per heavy atom. The van der Waals surface area contributed by atoms with Gasteiger partial charge in [-0.1, -0.05) is 55.4 Å². The van der Waals surface area contributed by atoms with Crippen molar-refractivity contribution in [3.05, 3.63) is 0 Å². The highest BCUT2D eigenvalue weighted by molar-refractivity contribution is 5.98. The Bertz CT molecular complexity index is 1390. The fourth-order valence-electron chi connectivity index (χ4n) is 6.17. The number of hydrogen-bond donors (Lipinski definition) is 10. The molecule has 340 valence electrons. The van der Waals surface area contributed by atoms with Gasteiger partial charge < -0.3 is 62.4 Å². The maximum Gasteiger partial charge on any atom is 0.326 e. The number of rotatable bonds is 13. The molecule has 0 bridgehead atoms. The number of nitrogens with one attached hydrogen (secondary N) is 6. The second-order valence-corrected chi connectivity index (χ2v) is 17.7. The maximum atomic E-state index is 13.9. The van der Waals surface area contributed by atoms with Crippen LogP contribution < -0.4 is 37.6 Å². The predicted molar refractivity (Wildman–Crippen MR) is 218 cm³/mol. The molecular weight excluding hydrogens is 770 g/mol. The lowest BCUT2D eigenvalue weighted by molar-refractivity contribution is -0.143. The summed E-state index contributed by atoms with van der Waals surface area (Å²) in [5.41, 5.74) is 4.41. The van der Waals surface area contributed by atoms with Crippen molar-refractivity contribution in [1.82, 2.24) is 31.9 Å². The second-order valence-electron chi connectivity index (χ2n) is 17.7. The van der Waals surface area contributed by atoms with Crippen LogP contribution in [0.5, 0.6) is 0 Å². The molecule has 0 saturated carbocycles. The van der Waals surface area contributed by atoms with Crippen LogP contribution in [0.3, 0.4) is 0 Å². The molecule has 1 aliphatic rings. The van der Waals surface area contributed by atoms with Crippen molar-refractivity contribution in [3.8, 4) is 0 Å². The highest BCUT2D eigenvalue weighted by Gasteiger charge is 2.37. The van der Waals surface area contributed by atoms with E-state index >= 15 is 0 Å². The Labute approximate surface area is 348 Å². The average Bonchev–Trinajstić information content (AvgIpc) is 3.10. The molecule has 0 aromatic rings. The van der Waals surface area contributed by atoms with Crippen LogP contribution >= 0.6 is 0 Å². The van der Waals surface area contributed by atoms with Crippen molar-refractivity contribution < 1.29 is 58.4 Å². The van der Waals surface area contributed by atoms with E-state index in [0.717, 1.165) is 0 Å². The highest BCUT2D eigenvalue weighted by Crippen LogP contribution is 2.14. The number of carboxylic acid groups (broad SMARTS) is 1. The van der Waals surface area contributed by atoms with Crippen molar-refractivity contribution in [2.75, 3.05) is 26.4 Å². The van der Waals surface area contributed by atoms with Gasteiger partial charge in [0.1, 0.15) is 48.0 Å². The number of aliphatic hydroxyl groups is 2. The van der Waals surface area contributed by atoms with E-state index in [0.29, 0.717) is 6.42 Å². The van der Waals surface area contributed by atoms with Gasteiger partial charge in [-0.15, -0.1) is 0 Å². The molecule has 59 heavy (non-hydrogen) atoms. The van der Waals surface area contributed by atoms with Crippen LogP contribution in [0.4, 0.5) is 0 Å². The van der Waals surface area contributed by atoms with E-state index in [-0.39, 0.29) is 69.0 Å².